The highest BCUT2D eigenvalue weighted by Gasteiger charge is 2.71. The van der Waals surface area contributed by atoms with Crippen molar-refractivity contribution in [1.82, 2.24) is 10.2 Å². The van der Waals surface area contributed by atoms with Crippen molar-refractivity contribution in [3.05, 3.63) is 52.6 Å². The number of aliphatic hydroxyl groups is 1. The first kappa shape index (κ1) is 21.1. The number of anilines is 1. The largest absolute Gasteiger partial charge is 0.454 e. The van der Waals surface area contributed by atoms with Crippen LogP contribution in [0.25, 0.3) is 0 Å². The van der Waals surface area contributed by atoms with Gasteiger partial charge in [0.2, 0.25) is 24.5 Å². The van der Waals surface area contributed by atoms with Crippen molar-refractivity contribution in [2.75, 3.05) is 12.1 Å². The van der Waals surface area contributed by atoms with Crippen molar-refractivity contribution >= 4 is 23.4 Å². The van der Waals surface area contributed by atoms with Gasteiger partial charge in [0, 0.05) is 17.3 Å². The minimum atomic E-state index is -1.42. The lowest BCUT2D eigenvalue weighted by molar-refractivity contribution is -0.143. The lowest BCUT2D eigenvalue weighted by Gasteiger charge is -2.30. The molecule has 0 bridgehead atoms. The first-order valence-electron chi connectivity index (χ1n) is 11.3. The number of amides is 3. The molecular formula is C25H25N3O6. The van der Waals surface area contributed by atoms with E-state index in [1.54, 1.807) is 25.1 Å². The van der Waals surface area contributed by atoms with Gasteiger partial charge in [0.1, 0.15) is 5.54 Å². The van der Waals surface area contributed by atoms with E-state index in [0.717, 1.165) is 11.1 Å². The van der Waals surface area contributed by atoms with E-state index in [1.165, 1.54) is 4.90 Å². The third-order valence-electron chi connectivity index (χ3n) is 7.49. The number of fused-ring (bicyclic) bond motifs is 5. The Morgan fingerprint density at radius 2 is 1.88 bits per heavy atom. The third-order valence-corrected chi connectivity index (χ3v) is 7.49. The smallest absolute Gasteiger partial charge is 0.250 e. The summed E-state index contributed by atoms with van der Waals surface area (Å²) in [6.45, 7) is 5.57. The monoisotopic (exact) mass is 463 g/mol. The summed E-state index contributed by atoms with van der Waals surface area (Å²) in [6, 6.07) is 8.38. The van der Waals surface area contributed by atoms with Gasteiger partial charge in [0.05, 0.1) is 24.5 Å². The Morgan fingerprint density at radius 3 is 2.65 bits per heavy atom. The molecule has 4 heterocycles. The number of aliphatic hydroxyl groups excluding tert-OH is 1. The predicted octanol–water partition coefficient (Wildman–Crippen LogP) is 1.33. The van der Waals surface area contributed by atoms with Crippen molar-refractivity contribution in [2.45, 2.75) is 45.0 Å². The number of carbonyl (C=O) groups excluding carboxylic acids is 3. The highest BCUT2D eigenvalue weighted by molar-refractivity contribution is 6.15. The number of hydrogen-bond donors (Lipinski definition) is 3. The van der Waals surface area contributed by atoms with Crippen LogP contribution in [0.5, 0.6) is 11.5 Å². The van der Waals surface area contributed by atoms with Gasteiger partial charge in [-0.2, -0.15) is 0 Å². The second-order valence-electron chi connectivity index (χ2n) is 9.63. The highest BCUT2D eigenvalue weighted by Crippen LogP contribution is 2.54. The summed E-state index contributed by atoms with van der Waals surface area (Å²) in [7, 11) is 0. The van der Waals surface area contributed by atoms with Gasteiger partial charge in [-0.15, -0.1) is 0 Å². The van der Waals surface area contributed by atoms with Crippen LogP contribution in [-0.4, -0.2) is 46.7 Å². The van der Waals surface area contributed by atoms with E-state index in [-0.39, 0.29) is 19.2 Å². The molecule has 9 heteroatoms. The number of imide groups is 1. The summed E-state index contributed by atoms with van der Waals surface area (Å²) in [5.41, 5.74) is 2.42. The van der Waals surface area contributed by atoms with Crippen LogP contribution >= 0.6 is 0 Å². The maximum atomic E-state index is 13.8. The average molecular weight is 463 g/mol. The molecule has 0 aliphatic carbocycles. The summed E-state index contributed by atoms with van der Waals surface area (Å²) in [5, 5.41) is 16.7. The number of likely N-dealkylation sites (tertiary alicyclic amines) is 1. The fraction of sp³-hybridized carbons (Fsp3) is 0.400. The Hall–Kier alpha value is -3.43. The zero-order chi connectivity index (χ0) is 23.9. The van der Waals surface area contributed by atoms with Crippen LogP contribution < -0.4 is 20.1 Å². The van der Waals surface area contributed by atoms with Crippen molar-refractivity contribution in [3.63, 3.8) is 0 Å². The number of rotatable bonds is 3. The predicted molar refractivity (Wildman–Crippen MR) is 120 cm³/mol. The van der Waals surface area contributed by atoms with Crippen LogP contribution in [-0.2, 0) is 26.5 Å². The SMILES string of the molecule is Cc1cc(C)c2c(c1)[C@]1(N[C@@H]([C@@H](C)O)[C@H]3C(=O)N(Cc4ccc5c(c4)OCO5)C(=O)[C@@H]31)C(=O)N2. The zero-order valence-electron chi connectivity index (χ0n) is 19.0. The minimum Gasteiger partial charge on any atom is -0.454 e. The van der Waals surface area contributed by atoms with Crippen LogP contribution in [0.4, 0.5) is 5.69 Å². The topological polar surface area (TPSA) is 117 Å². The lowest BCUT2D eigenvalue weighted by atomic mass is 9.75. The Balaban J connectivity index is 1.44. The van der Waals surface area contributed by atoms with Gasteiger partial charge in [-0.05, 0) is 44.0 Å². The summed E-state index contributed by atoms with van der Waals surface area (Å²) >= 11 is 0. The summed E-state index contributed by atoms with van der Waals surface area (Å²) in [4.78, 5) is 42.2. The normalized spacial score (nSPS) is 29.6. The highest BCUT2D eigenvalue weighted by atomic mass is 16.7. The molecule has 4 aliphatic rings. The number of ether oxygens (including phenoxy) is 2. The van der Waals surface area contributed by atoms with Gasteiger partial charge in [-0.1, -0.05) is 23.8 Å². The summed E-state index contributed by atoms with van der Waals surface area (Å²) in [5.74, 6) is -1.84. The average Bonchev–Trinajstić information content (AvgIpc) is 3.51. The molecule has 2 fully saturated rings. The van der Waals surface area contributed by atoms with E-state index in [1.807, 2.05) is 26.0 Å². The lowest BCUT2D eigenvalue weighted by Crippen LogP contribution is -2.54. The maximum Gasteiger partial charge on any atom is 0.250 e. The molecule has 2 saturated heterocycles. The molecular weight excluding hydrogens is 438 g/mol. The molecule has 9 nitrogen and oxygen atoms in total. The molecule has 3 amide bonds. The number of hydrogen-bond acceptors (Lipinski definition) is 7. The van der Waals surface area contributed by atoms with E-state index in [0.29, 0.717) is 28.3 Å². The quantitative estimate of drug-likeness (QED) is 0.588. The second kappa shape index (κ2) is 7.04. The van der Waals surface area contributed by atoms with Crippen LogP contribution in [0, 0.1) is 25.7 Å². The van der Waals surface area contributed by atoms with Crippen molar-refractivity contribution in [2.24, 2.45) is 11.8 Å². The van der Waals surface area contributed by atoms with Gasteiger partial charge in [0.15, 0.2) is 11.5 Å². The molecule has 6 rings (SSSR count). The molecule has 34 heavy (non-hydrogen) atoms. The summed E-state index contributed by atoms with van der Waals surface area (Å²) < 4.78 is 10.8. The fourth-order valence-electron chi connectivity index (χ4n) is 6.04. The molecule has 1 spiro atoms. The van der Waals surface area contributed by atoms with E-state index in [2.05, 4.69) is 10.6 Å². The first-order chi connectivity index (χ1) is 16.2. The molecule has 0 aromatic heterocycles. The zero-order valence-corrected chi connectivity index (χ0v) is 19.0. The van der Waals surface area contributed by atoms with E-state index in [4.69, 9.17) is 9.47 Å². The van der Waals surface area contributed by atoms with Crippen molar-refractivity contribution in [3.8, 4) is 11.5 Å². The second-order valence-corrected chi connectivity index (χ2v) is 9.63. The first-order valence-corrected chi connectivity index (χ1v) is 11.3. The molecule has 4 aliphatic heterocycles. The molecule has 3 N–H and O–H groups in total. The third kappa shape index (κ3) is 2.65. The van der Waals surface area contributed by atoms with E-state index >= 15 is 0 Å². The van der Waals surface area contributed by atoms with Crippen LogP contribution in [0.1, 0.15) is 29.2 Å². The molecule has 2 aromatic rings. The summed E-state index contributed by atoms with van der Waals surface area (Å²) in [6.07, 6.45) is -0.947. The van der Waals surface area contributed by atoms with Gasteiger partial charge in [-0.3, -0.25) is 24.6 Å². The Labute approximate surface area is 196 Å². The Morgan fingerprint density at radius 1 is 1.12 bits per heavy atom. The fourth-order valence-corrected chi connectivity index (χ4v) is 6.04. The number of aryl methyl sites for hydroxylation is 2. The molecule has 2 aromatic carbocycles. The van der Waals surface area contributed by atoms with Gasteiger partial charge < -0.3 is 19.9 Å². The number of benzene rings is 2. The van der Waals surface area contributed by atoms with Crippen LogP contribution in [0.2, 0.25) is 0 Å². The standard InChI is InChI=1S/C25H25N3O6/c1-11-6-12(2)20-15(7-11)25(24(32)26-20)19-18(21(27-25)13(3)29)22(30)28(23(19)31)9-14-4-5-16-17(8-14)34-10-33-16/h4-8,13,18-19,21,27,29H,9-10H2,1-3H3,(H,26,32)/t13-,18+,19-,21+,25-/m1/s1. The number of nitrogens with zero attached hydrogens (tertiary/aromatic N) is 1. The van der Waals surface area contributed by atoms with Gasteiger partial charge in [0.25, 0.3) is 0 Å². The van der Waals surface area contributed by atoms with Crippen molar-refractivity contribution in [1.29, 1.82) is 0 Å². The van der Waals surface area contributed by atoms with E-state index < -0.39 is 41.3 Å². The van der Waals surface area contributed by atoms with Gasteiger partial charge in [-0.25, -0.2) is 0 Å². The number of nitrogens with one attached hydrogen (secondary N) is 2. The van der Waals surface area contributed by atoms with Crippen LogP contribution in [0.15, 0.2) is 30.3 Å². The molecule has 0 radical (unpaired) electrons. The molecule has 5 atom stereocenters. The van der Waals surface area contributed by atoms with Crippen LogP contribution in [0.3, 0.4) is 0 Å². The maximum absolute atomic E-state index is 13.8. The van der Waals surface area contributed by atoms with Gasteiger partial charge >= 0.3 is 0 Å². The Bertz CT molecular complexity index is 1270. The molecule has 0 saturated carbocycles. The molecule has 176 valence electrons. The molecule has 0 unspecified atom stereocenters. The van der Waals surface area contributed by atoms with Crippen molar-refractivity contribution < 1.29 is 29.0 Å². The minimum absolute atomic E-state index is 0.0469. The Kier molecular flexibility index (Phi) is 4.37. The van der Waals surface area contributed by atoms with E-state index in [9.17, 15) is 19.5 Å². The number of carbonyl (C=O) groups is 3.